The number of hydrogen-bond acceptors (Lipinski definition) is 2. The van der Waals surface area contributed by atoms with Gasteiger partial charge in [-0.05, 0) is 42.3 Å². The number of rotatable bonds is 0. The molecule has 0 saturated heterocycles. The Morgan fingerprint density at radius 1 is 1.00 bits per heavy atom. The van der Waals surface area contributed by atoms with Crippen molar-refractivity contribution in [3.8, 4) is 0 Å². The zero-order valence-corrected chi connectivity index (χ0v) is 11.4. The van der Waals surface area contributed by atoms with Gasteiger partial charge >= 0.3 is 0 Å². The molecular weight excluding hydrogens is 286 g/mol. The first-order valence-corrected chi connectivity index (χ1v) is 6.86. The van der Waals surface area contributed by atoms with Gasteiger partial charge in [0.1, 0.15) is 11.2 Å². The third kappa shape index (κ3) is 1.73. The van der Waals surface area contributed by atoms with Gasteiger partial charge < -0.3 is 4.42 Å². The molecule has 1 aliphatic carbocycles. The van der Waals surface area contributed by atoms with Crippen molar-refractivity contribution in [2.24, 2.45) is 0 Å². The van der Waals surface area contributed by atoms with Crippen molar-refractivity contribution in [3.05, 3.63) is 75.7 Å². The van der Waals surface area contributed by atoms with Gasteiger partial charge in [0.15, 0.2) is 11.7 Å². The smallest absolute Gasteiger partial charge is 0.200 e. The van der Waals surface area contributed by atoms with E-state index in [1.165, 1.54) is 18.2 Å². The molecule has 0 atom stereocenters. The molecule has 0 amide bonds. The third-order valence-corrected chi connectivity index (χ3v) is 3.89. The average molecular weight is 296 g/mol. The first-order valence-electron chi connectivity index (χ1n) is 6.86. The summed E-state index contributed by atoms with van der Waals surface area (Å²) >= 11 is 0. The van der Waals surface area contributed by atoms with Gasteiger partial charge in [-0.3, -0.25) is 4.79 Å². The number of halogens is 2. The van der Waals surface area contributed by atoms with Gasteiger partial charge in [0.05, 0.1) is 10.8 Å². The van der Waals surface area contributed by atoms with E-state index in [-0.39, 0.29) is 17.4 Å². The summed E-state index contributed by atoms with van der Waals surface area (Å²) in [5, 5.41) is 0.743. The predicted molar refractivity (Wildman–Crippen MR) is 82.0 cm³/mol. The van der Waals surface area contributed by atoms with Gasteiger partial charge in [-0.2, -0.15) is 0 Å². The van der Waals surface area contributed by atoms with Gasteiger partial charge in [-0.15, -0.1) is 0 Å². The molecule has 0 spiro atoms. The number of para-hydroxylation sites is 1. The summed E-state index contributed by atoms with van der Waals surface area (Å²) in [6.45, 7) is 0. The van der Waals surface area contributed by atoms with E-state index in [9.17, 15) is 13.6 Å². The van der Waals surface area contributed by atoms with Gasteiger partial charge in [0.25, 0.3) is 0 Å². The van der Waals surface area contributed by atoms with Gasteiger partial charge in [-0.1, -0.05) is 18.2 Å². The summed E-state index contributed by atoms with van der Waals surface area (Å²) in [4.78, 5) is 12.7. The number of fused-ring (bicyclic) bond motifs is 4. The van der Waals surface area contributed by atoms with Crippen LogP contribution in [0.1, 0.15) is 11.1 Å². The van der Waals surface area contributed by atoms with Crippen molar-refractivity contribution in [1.82, 2.24) is 0 Å². The van der Waals surface area contributed by atoms with Crippen molar-refractivity contribution in [1.29, 1.82) is 0 Å². The molecule has 2 nitrogen and oxygen atoms in total. The molecule has 0 unspecified atom stereocenters. The first kappa shape index (κ1) is 13.0. The van der Waals surface area contributed by atoms with Crippen LogP contribution in [0.3, 0.4) is 0 Å². The van der Waals surface area contributed by atoms with Crippen LogP contribution < -0.4 is 5.43 Å². The lowest BCUT2D eigenvalue weighted by Crippen LogP contribution is -2.06. The second kappa shape index (κ2) is 4.63. The minimum Gasteiger partial charge on any atom is -0.456 e. The maximum absolute atomic E-state index is 14.1. The van der Waals surface area contributed by atoms with E-state index in [2.05, 4.69) is 0 Å². The van der Waals surface area contributed by atoms with Crippen LogP contribution in [0.4, 0.5) is 8.78 Å². The Morgan fingerprint density at radius 2 is 1.82 bits per heavy atom. The van der Waals surface area contributed by atoms with Crippen molar-refractivity contribution < 1.29 is 13.2 Å². The van der Waals surface area contributed by atoms with Crippen LogP contribution in [0.25, 0.3) is 27.8 Å². The highest BCUT2D eigenvalue weighted by molar-refractivity contribution is 5.94. The highest BCUT2D eigenvalue weighted by atomic mass is 19.2. The summed E-state index contributed by atoms with van der Waals surface area (Å²) in [5.41, 5.74) is 1.20. The van der Waals surface area contributed by atoms with E-state index in [4.69, 9.17) is 4.42 Å². The molecule has 0 fully saturated rings. The number of allylic oxidation sites excluding steroid dienone is 3. The lowest BCUT2D eigenvalue weighted by Gasteiger charge is -2.09. The minimum absolute atomic E-state index is 0.109. The maximum Gasteiger partial charge on any atom is 0.200 e. The van der Waals surface area contributed by atoms with Crippen LogP contribution in [0, 0.1) is 0 Å². The fourth-order valence-electron chi connectivity index (χ4n) is 2.86. The quantitative estimate of drug-likeness (QED) is 0.564. The van der Waals surface area contributed by atoms with Crippen LogP contribution in [-0.4, -0.2) is 0 Å². The molecule has 0 aliphatic heterocycles. The van der Waals surface area contributed by atoms with E-state index >= 15 is 0 Å². The largest absolute Gasteiger partial charge is 0.456 e. The molecule has 1 aromatic heterocycles. The molecule has 0 saturated carbocycles. The SMILES string of the molecule is O=c1c2ccccc2oc2ccc3c(c12)CC=CC(F)=C3F. The van der Waals surface area contributed by atoms with Gasteiger partial charge in [-0.25, -0.2) is 8.78 Å². The Hall–Kier alpha value is -2.75. The second-order valence-corrected chi connectivity index (χ2v) is 5.16. The first-order chi connectivity index (χ1) is 10.7. The molecule has 22 heavy (non-hydrogen) atoms. The zero-order chi connectivity index (χ0) is 15.3. The summed E-state index contributed by atoms with van der Waals surface area (Å²) in [5.74, 6) is -1.87. The number of hydrogen-bond donors (Lipinski definition) is 0. The van der Waals surface area contributed by atoms with Crippen LogP contribution in [0.2, 0.25) is 0 Å². The molecule has 1 aliphatic rings. The number of benzene rings is 2. The molecule has 1 heterocycles. The van der Waals surface area contributed by atoms with E-state index in [1.54, 1.807) is 24.3 Å². The second-order valence-electron chi connectivity index (χ2n) is 5.16. The van der Waals surface area contributed by atoms with Crippen LogP contribution >= 0.6 is 0 Å². The molecule has 3 aromatic rings. The third-order valence-electron chi connectivity index (χ3n) is 3.89. The van der Waals surface area contributed by atoms with Crippen molar-refractivity contribution in [3.63, 3.8) is 0 Å². The molecule has 0 radical (unpaired) electrons. The Balaban J connectivity index is 2.21. The van der Waals surface area contributed by atoms with Crippen LogP contribution in [-0.2, 0) is 6.42 Å². The monoisotopic (exact) mass is 296 g/mol. The fourth-order valence-corrected chi connectivity index (χ4v) is 2.86. The van der Waals surface area contributed by atoms with Gasteiger partial charge in [0.2, 0.25) is 5.43 Å². The standard InChI is InChI=1S/C18H10F2O2/c19-13-6-3-5-10-11(17(13)20)8-9-15-16(10)18(21)12-4-1-2-7-14(12)22-15/h1-4,6-9H,5H2. The molecule has 0 N–H and O–H groups in total. The van der Waals surface area contributed by atoms with Gasteiger partial charge in [0, 0.05) is 5.56 Å². The molecule has 4 heteroatoms. The van der Waals surface area contributed by atoms with Crippen molar-refractivity contribution >= 4 is 27.8 Å². The summed E-state index contributed by atoms with van der Waals surface area (Å²) < 4.78 is 33.4. The summed E-state index contributed by atoms with van der Waals surface area (Å²) in [6, 6.07) is 9.87. The maximum atomic E-state index is 14.1. The fraction of sp³-hybridized carbons (Fsp3) is 0.0556. The van der Waals surface area contributed by atoms with E-state index in [0.717, 1.165) is 6.08 Å². The molecule has 108 valence electrons. The highest BCUT2D eigenvalue weighted by Crippen LogP contribution is 2.33. The Morgan fingerprint density at radius 3 is 2.68 bits per heavy atom. The molecule has 0 bridgehead atoms. The summed E-state index contributed by atoms with van der Waals surface area (Å²) in [7, 11) is 0. The van der Waals surface area contributed by atoms with E-state index in [1.807, 2.05) is 0 Å². The lowest BCUT2D eigenvalue weighted by molar-refractivity contribution is 0.628. The lowest BCUT2D eigenvalue weighted by atomic mass is 9.98. The predicted octanol–water partition coefficient (Wildman–Crippen LogP) is 4.67. The molecule has 2 aromatic carbocycles. The summed E-state index contributed by atoms with van der Waals surface area (Å²) in [6.07, 6.45) is 2.87. The van der Waals surface area contributed by atoms with Crippen LogP contribution in [0.5, 0.6) is 0 Å². The highest BCUT2D eigenvalue weighted by Gasteiger charge is 2.20. The van der Waals surface area contributed by atoms with E-state index in [0.29, 0.717) is 27.5 Å². The van der Waals surface area contributed by atoms with E-state index < -0.39 is 11.7 Å². The van der Waals surface area contributed by atoms with Crippen LogP contribution in [0.15, 0.2) is 63.6 Å². The Bertz CT molecular complexity index is 1040. The van der Waals surface area contributed by atoms with Crippen molar-refractivity contribution in [2.45, 2.75) is 6.42 Å². The Kier molecular flexibility index (Phi) is 2.73. The molecular formula is C18H10F2O2. The zero-order valence-electron chi connectivity index (χ0n) is 11.4. The van der Waals surface area contributed by atoms with Crippen molar-refractivity contribution in [2.75, 3.05) is 0 Å². The Labute approximate surface area is 124 Å². The minimum atomic E-state index is -0.946. The molecule has 4 rings (SSSR count). The average Bonchev–Trinajstić information content (AvgIpc) is 2.67. The normalized spacial score (nSPS) is 14.5. The topological polar surface area (TPSA) is 30.2 Å².